The predicted molar refractivity (Wildman–Crippen MR) is 132 cm³/mol. The molecule has 2 atom stereocenters. The van der Waals surface area contributed by atoms with Crippen LogP contribution in [-0.4, -0.2) is 72.9 Å². The molecule has 0 unspecified atom stereocenters. The van der Waals surface area contributed by atoms with Crippen molar-refractivity contribution >= 4 is 11.9 Å². The fourth-order valence-electron chi connectivity index (χ4n) is 6.10. The number of amides is 1. The molecule has 2 aromatic rings. The first kappa shape index (κ1) is 24.0. The van der Waals surface area contributed by atoms with Crippen LogP contribution in [0.5, 0.6) is 0 Å². The Morgan fingerprint density at radius 3 is 2.20 bits per heavy atom. The number of quaternary nitrogens is 1. The third-order valence-electron chi connectivity index (χ3n) is 8.24. The van der Waals surface area contributed by atoms with E-state index < -0.39 is 11.6 Å². The molecule has 2 bridgehead atoms. The molecule has 4 saturated heterocycles. The first-order valence-electron chi connectivity index (χ1n) is 12.9. The molecule has 4 aliphatic rings. The number of hydrogen-bond donors (Lipinski definition) is 3. The Balaban J connectivity index is 1.27. The van der Waals surface area contributed by atoms with Crippen molar-refractivity contribution in [1.29, 1.82) is 0 Å². The van der Waals surface area contributed by atoms with Crippen molar-refractivity contribution in [3.63, 3.8) is 0 Å². The minimum atomic E-state index is -1.86. The molecule has 7 heteroatoms. The van der Waals surface area contributed by atoms with Crippen LogP contribution >= 0.6 is 0 Å². The Morgan fingerprint density at radius 2 is 1.63 bits per heavy atom. The molecular weight excluding hydrogens is 442 g/mol. The van der Waals surface area contributed by atoms with Crippen LogP contribution in [0.1, 0.15) is 36.8 Å². The van der Waals surface area contributed by atoms with Gasteiger partial charge in [-0.1, -0.05) is 60.7 Å². The topological polar surface area (TPSA) is 87.7 Å². The monoisotopic (exact) mass is 478 g/mol. The van der Waals surface area contributed by atoms with Crippen LogP contribution in [0.4, 0.5) is 0 Å². The van der Waals surface area contributed by atoms with E-state index in [0.717, 1.165) is 62.9 Å². The summed E-state index contributed by atoms with van der Waals surface area (Å²) in [4.78, 5) is 26.0. The van der Waals surface area contributed by atoms with E-state index in [9.17, 15) is 14.7 Å². The quantitative estimate of drug-likeness (QED) is 0.399. The zero-order chi connectivity index (χ0) is 24.3. The van der Waals surface area contributed by atoms with Crippen LogP contribution in [0.3, 0.4) is 0 Å². The molecule has 7 nitrogen and oxygen atoms in total. The number of nitrogens with one attached hydrogen (secondary N) is 2. The number of aliphatic hydroxyl groups is 1. The van der Waals surface area contributed by atoms with Crippen molar-refractivity contribution in [3.05, 3.63) is 71.8 Å². The van der Waals surface area contributed by atoms with Gasteiger partial charge in [-0.3, -0.25) is 4.79 Å². The number of carbonyl (C=O) groups is 2. The molecule has 0 aromatic heterocycles. The van der Waals surface area contributed by atoms with E-state index in [1.165, 1.54) is 0 Å². The van der Waals surface area contributed by atoms with E-state index in [0.29, 0.717) is 23.6 Å². The van der Waals surface area contributed by atoms with Crippen LogP contribution < -0.4 is 10.6 Å². The number of rotatable bonds is 8. The molecule has 35 heavy (non-hydrogen) atoms. The third kappa shape index (κ3) is 4.85. The molecule has 4 heterocycles. The SMILES string of the molecule is O=C(NCC[N+]12CCC(CC1)[C@@H](OC(=O)C(O)(c1ccccc1)c1ccccc1)C2)[C@@H]1CCCN1. The van der Waals surface area contributed by atoms with Gasteiger partial charge in [0.1, 0.15) is 6.54 Å². The molecular formula is C28H36N3O4+. The Labute approximate surface area is 207 Å². The van der Waals surface area contributed by atoms with E-state index in [4.69, 9.17) is 4.74 Å². The van der Waals surface area contributed by atoms with E-state index in [-0.39, 0.29) is 18.1 Å². The van der Waals surface area contributed by atoms with Crippen molar-refractivity contribution in [2.24, 2.45) is 5.92 Å². The normalized spacial score (nSPS) is 28.0. The van der Waals surface area contributed by atoms with Gasteiger partial charge in [-0.15, -0.1) is 0 Å². The van der Waals surface area contributed by atoms with E-state index in [2.05, 4.69) is 10.6 Å². The molecule has 3 N–H and O–H groups in total. The van der Waals surface area contributed by atoms with Gasteiger partial charge in [0.2, 0.25) is 11.5 Å². The van der Waals surface area contributed by atoms with Crippen LogP contribution in [0.15, 0.2) is 60.7 Å². The maximum atomic E-state index is 13.6. The second kappa shape index (κ2) is 10.1. The van der Waals surface area contributed by atoms with Gasteiger partial charge in [0, 0.05) is 18.8 Å². The highest BCUT2D eigenvalue weighted by Gasteiger charge is 2.50. The lowest BCUT2D eigenvalue weighted by atomic mass is 9.82. The lowest BCUT2D eigenvalue weighted by Gasteiger charge is -2.52. The van der Waals surface area contributed by atoms with Gasteiger partial charge >= 0.3 is 5.97 Å². The molecule has 186 valence electrons. The van der Waals surface area contributed by atoms with Gasteiger partial charge in [0.15, 0.2) is 6.10 Å². The summed E-state index contributed by atoms with van der Waals surface area (Å²) in [5.74, 6) is -0.217. The molecule has 0 spiro atoms. The highest BCUT2D eigenvalue weighted by molar-refractivity contribution is 5.85. The molecule has 4 aliphatic heterocycles. The number of carbonyl (C=O) groups excluding carboxylic acids is 2. The summed E-state index contributed by atoms with van der Waals surface area (Å²) in [5, 5.41) is 18.1. The van der Waals surface area contributed by atoms with E-state index >= 15 is 0 Å². The first-order valence-corrected chi connectivity index (χ1v) is 12.9. The number of esters is 1. The second-order valence-corrected chi connectivity index (χ2v) is 10.4. The Hall–Kier alpha value is -2.74. The van der Waals surface area contributed by atoms with Gasteiger partial charge in [-0.25, -0.2) is 4.79 Å². The number of hydrogen-bond acceptors (Lipinski definition) is 5. The molecule has 0 aliphatic carbocycles. The number of fused-ring (bicyclic) bond motifs is 3. The molecule has 6 rings (SSSR count). The summed E-state index contributed by atoms with van der Waals surface area (Å²) in [5.41, 5.74) is -0.851. The highest BCUT2D eigenvalue weighted by Crippen LogP contribution is 2.38. The molecule has 0 radical (unpaired) electrons. The smallest absolute Gasteiger partial charge is 0.348 e. The van der Waals surface area contributed by atoms with Crippen molar-refractivity contribution in [3.8, 4) is 0 Å². The van der Waals surface area contributed by atoms with Crippen molar-refractivity contribution < 1.29 is 23.9 Å². The second-order valence-electron chi connectivity index (χ2n) is 10.4. The summed E-state index contributed by atoms with van der Waals surface area (Å²) < 4.78 is 6.98. The van der Waals surface area contributed by atoms with Gasteiger partial charge in [-0.2, -0.15) is 0 Å². The standard InChI is InChI=1S/C28H35N3O4/c32-26(24-12-7-15-29-24)30-16-19-31-17-13-21(14-18-31)25(20-31)35-27(33)28(34,22-8-3-1-4-9-22)23-10-5-2-6-11-23/h1-6,8-11,21,24-25,29,34H,7,12-20H2/p+1/t21?,24-,25-,31?/m0/s1. The predicted octanol–water partition coefficient (Wildman–Crippen LogP) is 1.94. The minimum absolute atomic E-state index is 0.0653. The molecule has 1 amide bonds. The van der Waals surface area contributed by atoms with Gasteiger partial charge in [-0.05, 0) is 30.5 Å². The van der Waals surface area contributed by atoms with Crippen molar-refractivity contribution in [2.75, 3.05) is 39.3 Å². The highest BCUT2D eigenvalue weighted by atomic mass is 16.6. The minimum Gasteiger partial charge on any atom is -0.453 e. The maximum Gasteiger partial charge on any atom is 0.348 e. The van der Waals surface area contributed by atoms with Gasteiger partial charge in [0.25, 0.3) is 0 Å². The zero-order valence-electron chi connectivity index (χ0n) is 20.2. The van der Waals surface area contributed by atoms with E-state index in [1.54, 1.807) is 24.3 Å². The maximum absolute atomic E-state index is 13.6. The number of nitrogens with zero attached hydrogens (tertiary/aromatic N) is 1. The van der Waals surface area contributed by atoms with Crippen molar-refractivity contribution in [1.82, 2.24) is 10.6 Å². The zero-order valence-corrected chi connectivity index (χ0v) is 20.2. The molecule has 0 saturated carbocycles. The first-order chi connectivity index (χ1) is 17.0. The van der Waals surface area contributed by atoms with Crippen LogP contribution in [0.2, 0.25) is 0 Å². The molecule has 2 aromatic carbocycles. The van der Waals surface area contributed by atoms with Crippen molar-refractivity contribution in [2.45, 2.75) is 43.4 Å². The van der Waals surface area contributed by atoms with Gasteiger partial charge < -0.3 is 25.0 Å². The average Bonchev–Trinajstić information content (AvgIpc) is 3.45. The number of piperidine rings is 3. The lowest BCUT2D eigenvalue weighted by Crippen LogP contribution is -2.66. The summed E-state index contributed by atoms with van der Waals surface area (Å²) >= 11 is 0. The Bertz CT molecular complexity index is 976. The van der Waals surface area contributed by atoms with Crippen LogP contribution in [0, 0.1) is 5.92 Å². The fourth-order valence-corrected chi connectivity index (χ4v) is 6.10. The third-order valence-corrected chi connectivity index (χ3v) is 8.24. The van der Waals surface area contributed by atoms with Crippen LogP contribution in [0.25, 0.3) is 0 Å². The largest absolute Gasteiger partial charge is 0.453 e. The lowest BCUT2D eigenvalue weighted by molar-refractivity contribution is -0.945. The summed E-state index contributed by atoms with van der Waals surface area (Å²) in [6.07, 6.45) is 3.69. The average molecular weight is 479 g/mol. The summed E-state index contributed by atoms with van der Waals surface area (Å²) in [6, 6.07) is 18.0. The number of benzene rings is 2. The Morgan fingerprint density at radius 1 is 1.00 bits per heavy atom. The molecule has 4 fully saturated rings. The summed E-state index contributed by atoms with van der Waals surface area (Å²) in [6.45, 7) is 5.18. The summed E-state index contributed by atoms with van der Waals surface area (Å²) in [7, 11) is 0. The van der Waals surface area contributed by atoms with E-state index in [1.807, 2.05) is 36.4 Å². The van der Waals surface area contributed by atoms with Crippen LogP contribution in [-0.2, 0) is 19.9 Å². The number of ether oxygens (including phenoxy) is 1. The fraction of sp³-hybridized carbons (Fsp3) is 0.500. The van der Waals surface area contributed by atoms with Gasteiger partial charge in [0.05, 0.1) is 32.2 Å². The Kier molecular flexibility index (Phi) is 6.91.